The number of carbonyl (C=O) groups excluding carboxylic acids is 2. The van der Waals surface area contributed by atoms with Crippen LogP contribution in [0.4, 0.5) is 4.39 Å². The molecule has 4 aromatic rings. The van der Waals surface area contributed by atoms with Crippen LogP contribution in [0.1, 0.15) is 41.6 Å². The van der Waals surface area contributed by atoms with Crippen LogP contribution in [0.15, 0.2) is 30.6 Å². The normalized spacial score (nSPS) is 22.4. The zero-order chi connectivity index (χ0) is 29.8. The molecule has 226 valence electrons. The van der Waals surface area contributed by atoms with E-state index in [0.29, 0.717) is 49.2 Å². The minimum atomic E-state index is -1.15. The highest BCUT2D eigenvalue weighted by molar-refractivity contribution is 5.96. The van der Waals surface area contributed by atoms with E-state index in [9.17, 15) is 14.0 Å². The maximum absolute atomic E-state index is 14.2. The summed E-state index contributed by atoms with van der Waals surface area (Å²) in [5.74, 6) is 1.47. The molecule has 0 spiro atoms. The minimum Gasteiger partial charge on any atom is -0.494 e. The van der Waals surface area contributed by atoms with Crippen molar-refractivity contribution < 1.29 is 23.5 Å². The van der Waals surface area contributed by atoms with Gasteiger partial charge in [-0.2, -0.15) is 5.10 Å². The number of halogens is 1. The fourth-order valence-corrected chi connectivity index (χ4v) is 6.44. The molecule has 4 aromatic heterocycles. The number of pyridine rings is 2. The van der Waals surface area contributed by atoms with E-state index in [0.717, 1.165) is 52.8 Å². The number of likely N-dealkylation sites (tertiary alicyclic amines) is 1. The molecular formula is C31H36FN7O4. The molecule has 0 bridgehead atoms. The first-order valence-corrected chi connectivity index (χ1v) is 14.9. The highest BCUT2D eigenvalue weighted by atomic mass is 19.1. The van der Waals surface area contributed by atoms with Crippen molar-refractivity contribution >= 4 is 28.2 Å². The molecule has 3 N–H and O–H groups in total. The summed E-state index contributed by atoms with van der Waals surface area (Å²) >= 11 is 0. The van der Waals surface area contributed by atoms with Gasteiger partial charge in [-0.25, -0.2) is 13.9 Å². The third-order valence-corrected chi connectivity index (χ3v) is 8.79. The number of alkyl halides is 1. The number of nitrogens with zero attached hydrogens (tertiary/aromatic N) is 5. The third-order valence-electron chi connectivity index (χ3n) is 8.79. The van der Waals surface area contributed by atoms with Gasteiger partial charge in [0.15, 0.2) is 0 Å². The van der Waals surface area contributed by atoms with Crippen molar-refractivity contribution in [1.29, 1.82) is 0 Å². The Morgan fingerprint density at radius 1 is 1.21 bits per heavy atom. The lowest BCUT2D eigenvalue weighted by molar-refractivity contribution is -0.119. The van der Waals surface area contributed by atoms with E-state index in [2.05, 4.69) is 20.9 Å². The molecule has 2 aliphatic heterocycles. The number of aryl methyl sites for hydroxylation is 1. The van der Waals surface area contributed by atoms with E-state index >= 15 is 0 Å². The van der Waals surface area contributed by atoms with Crippen molar-refractivity contribution in [1.82, 2.24) is 29.4 Å². The van der Waals surface area contributed by atoms with Gasteiger partial charge in [0.05, 0.1) is 31.5 Å². The zero-order valence-electron chi connectivity index (χ0n) is 24.4. The molecule has 2 amide bonds. The van der Waals surface area contributed by atoms with Gasteiger partial charge in [0.1, 0.15) is 28.6 Å². The number of nitrogens with one attached hydrogen (secondary N) is 1. The Morgan fingerprint density at radius 2 is 2.05 bits per heavy atom. The van der Waals surface area contributed by atoms with Crippen LogP contribution in [0, 0.1) is 18.8 Å². The lowest BCUT2D eigenvalue weighted by Gasteiger charge is -2.33. The fourth-order valence-electron chi connectivity index (χ4n) is 6.44. The molecule has 6 heterocycles. The monoisotopic (exact) mass is 589 g/mol. The second-order valence-corrected chi connectivity index (χ2v) is 12.2. The molecule has 11 nitrogen and oxygen atoms in total. The van der Waals surface area contributed by atoms with Gasteiger partial charge in [0, 0.05) is 61.4 Å². The first-order valence-electron chi connectivity index (χ1n) is 14.9. The van der Waals surface area contributed by atoms with E-state index in [1.165, 1.54) is 4.90 Å². The Kier molecular flexibility index (Phi) is 6.95. The van der Waals surface area contributed by atoms with Crippen molar-refractivity contribution in [3.63, 3.8) is 0 Å². The summed E-state index contributed by atoms with van der Waals surface area (Å²) < 4.78 is 30.2. The van der Waals surface area contributed by atoms with E-state index in [1.54, 1.807) is 30.1 Å². The first kappa shape index (κ1) is 27.6. The van der Waals surface area contributed by atoms with Gasteiger partial charge >= 0.3 is 0 Å². The highest BCUT2D eigenvalue weighted by Gasteiger charge is 2.31. The largest absolute Gasteiger partial charge is 0.494 e. The molecule has 0 radical (unpaired) electrons. The summed E-state index contributed by atoms with van der Waals surface area (Å²) in [5.41, 5.74) is 10.6. The topological polar surface area (TPSA) is 129 Å². The predicted molar refractivity (Wildman–Crippen MR) is 158 cm³/mol. The summed E-state index contributed by atoms with van der Waals surface area (Å²) in [6.45, 7) is 4.13. The molecule has 2 saturated heterocycles. The second-order valence-electron chi connectivity index (χ2n) is 12.2. The van der Waals surface area contributed by atoms with Crippen LogP contribution >= 0.6 is 0 Å². The number of fused-ring (bicyclic) bond motifs is 2. The first-order chi connectivity index (χ1) is 20.8. The van der Waals surface area contributed by atoms with Gasteiger partial charge in [-0.3, -0.25) is 9.59 Å². The van der Waals surface area contributed by atoms with Crippen LogP contribution < -0.4 is 20.5 Å². The Balaban J connectivity index is 1.29. The Morgan fingerprint density at radius 3 is 2.77 bits per heavy atom. The van der Waals surface area contributed by atoms with Gasteiger partial charge in [-0.1, -0.05) is 0 Å². The summed E-state index contributed by atoms with van der Waals surface area (Å²) in [4.78, 5) is 31.2. The Labute approximate surface area is 248 Å². The van der Waals surface area contributed by atoms with Crippen LogP contribution in [0.2, 0.25) is 0 Å². The summed E-state index contributed by atoms with van der Waals surface area (Å²) in [7, 11) is 1.57. The Bertz CT molecular complexity index is 1720. The number of nitrogens with two attached hydrogens (primary N) is 1. The third kappa shape index (κ3) is 5.17. The van der Waals surface area contributed by atoms with Crippen LogP contribution in [0.5, 0.6) is 11.6 Å². The summed E-state index contributed by atoms with van der Waals surface area (Å²) in [6.07, 6.45) is 5.31. The number of carbonyl (C=O) groups is 2. The SMILES string of the molecule is COc1cc(C(=O)N2C[C@H](N)C[C@@H](F)C2)cn2nc(-c3cc4ccnc(OCC5CNC(=O)C5)c4n3CC3CC3)c(C)c12. The smallest absolute Gasteiger partial charge is 0.255 e. The van der Waals surface area contributed by atoms with Gasteiger partial charge in [-0.05, 0) is 50.3 Å². The average Bonchev–Trinajstić information content (AvgIpc) is 3.45. The van der Waals surface area contributed by atoms with E-state index in [1.807, 2.05) is 13.0 Å². The van der Waals surface area contributed by atoms with Crippen LogP contribution in [0.25, 0.3) is 27.8 Å². The Hall–Kier alpha value is -4.19. The lowest BCUT2D eigenvalue weighted by Crippen LogP contribution is -2.50. The van der Waals surface area contributed by atoms with E-state index in [-0.39, 0.29) is 30.7 Å². The van der Waals surface area contributed by atoms with Crippen molar-refractivity contribution in [2.24, 2.45) is 17.6 Å². The molecule has 7 rings (SSSR count). The molecule has 1 aliphatic carbocycles. The minimum absolute atomic E-state index is 0.0174. The van der Waals surface area contributed by atoms with E-state index < -0.39 is 12.2 Å². The number of amides is 2. The number of aromatic nitrogens is 4. The van der Waals surface area contributed by atoms with Gasteiger partial charge in [-0.15, -0.1) is 0 Å². The molecular weight excluding hydrogens is 553 g/mol. The lowest BCUT2D eigenvalue weighted by atomic mass is 10.0. The second kappa shape index (κ2) is 10.8. The number of ether oxygens (including phenoxy) is 2. The van der Waals surface area contributed by atoms with Crippen molar-refractivity contribution in [2.45, 2.75) is 51.4 Å². The van der Waals surface area contributed by atoms with Crippen molar-refractivity contribution in [3.05, 3.63) is 41.7 Å². The molecule has 43 heavy (non-hydrogen) atoms. The molecule has 1 unspecified atom stereocenters. The van der Waals surface area contributed by atoms with Gasteiger partial charge < -0.3 is 30.0 Å². The number of rotatable bonds is 8. The van der Waals surface area contributed by atoms with Gasteiger partial charge in [0.25, 0.3) is 5.91 Å². The molecule has 12 heteroatoms. The van der Waals surface area contributed by atoms with E-state index in [4.69, 9.17) is 20.3 Å². The van der Waals surface area contributed by atoms with Gasteiger partial charge in [0.2, 0.25) is 11.8 Å². The average molecular weight is 590 g/mol. The van der Waals surface area contributed by atoms with Crippen molar-refractivity contribution in [3.8, 4) is 23.0 Å². The molecule has 3 atom stereocenters. The maximum atomic E-state index is 14.2. The predicted octanol–water partition coefficient (Wildman–Crippen LogP) is 3.10. The number of hydrogen-bond donors (Lipinski definition) is 2. The molecule has 1 saturated carbocycles. The zero-order valence-corrected chi connectivity index (χ0v) is 24.4. The number of methoxy groups -OCH3 is 1. The van der Waals surface area contributed by atoms with Crippen molar-refractivity contribution in [2.75, 3.05) is 33.4 Å². The standard InChI is InChI=1S/C31H36FN7O4/c1-17-27(36-39-13-21(9-25(42-2)28(17)39)31(41)37-14-22(32)10-23(33)15-37)24-8-20-5-6-34-30(29(20)38(24)12-18-3-4-18)43-16-19-7-26(40)35-11-19/h5-6,8-9,13,18-19,22-23H,3-4,7,10-12,14-16,33H2,1-2H3,(H,35,40)/t19?,22-,23-/m1/s1. The van der Waals surface area contributed by atoms with Crippen LogP contribution in [-0.4, -0.2) is 81.4 Å². The molecule has 0 aromatic carbocycles. The highest BCUT2D eigenvalue weighted by Crippen LogP contribution is 2.40. The fraction of sp³-hybridized carbons (Fsp3) is 0.484. The number of piperidine rings is 1. The molecule has 3 fully saturated rings. The van der Waals surface area contributed by atoms with Crippen LogP contribution in [0.3, 0.4) is 0 Å². The number of hydrogen-bond acceptors (Lipinski definition) is 7. The quantitative estimate of drug-likeness (QED) is 0.323. The summed E-state index contributed by atoms with van der Waals surface area (Å²) in [6, 6.07) is 5.38. The summed E-state index contributed by atoms with van der Waals surface area (Å²) in [5, 5.41) is 8.83. The maximum Gasteiger partial charge on any atom is 0.255 e. The van der Waals surface area contributed by atoms with Crippen LogP contribution in [-0.2, 0) is 11.3 Å². The molecule has 3 aliphatic rings.